The van der Waals surface area contributed by atoms with Gasteiger partial charge in [0, 0.05) is 37.6 Å². The molecule has 0 aromatic heterocycles. The van der Waals surface area contributed by atoms with E-state index >= 15 is 0 Å². The van der Waals surface area contributed by atoms with Gasteiger partial charge in [0.05, 0.1) is 13.5 Å². The molecule has 0 bridgehead atoms. The van der Waals surface area contributed by atoms with Crippen molar-refractivity contribution in [2.45, 2.75) is 33.1 Å². The van der Waals surface area contributed by atoms with Crippen LogP contribution in [0.1, 0.15) is 32.3 Å². The Morgan fingerprint density at radius 1 is 1.12 bits per heavy atom. The number of halogens is 1. The molecule has 2 amide bonds. The van der Waals surface area contributed by atoms with E-state index in [1.165, 1.54) is 0 Å². The summed E-state index contributed by atoms with van der Waals surface area (Å²) < 4.78 is 5.13. The predicted molar refractivity (Wildman–Crippen MR) is 98.9 cm³/mol. The minimum absolute atomic E-state index is 0.0465. The number of amides is 2. The highest BCUT2D eigenvalue weighted by Gasteiger charge is 2.22. The van der Waals surface area contributed by atoms with E-state index in [-0.39, 0.29) is 18.2 Å². The average Bonchev–Trinajstić information content (AvgIpc) is 2.82. The highest BCUT2D eigenvalue weighted by molar-refractivity contribution is 6.31. The topological polar surface area (TPSA) is 49.9 Å². The maximum atomic E-state index is 12.6. The fourth-order valence-electron chi connectivity index (χ4n) is 2.97. The molecule has 1 fully saturated rings. The molecule has 5 nitrogen and oxygen atoms in total. The third-order valence-electron chi connectivity index (χ3n) is 4.39. The van der Waals surface area contributed by atoms with Crippen molar-refractivity contribution in [1.29, 1.82) is 0 Å². The first-order chi connectivity index (χ1) is 11.9. The largest absolute Gasteiger partial charge is 0.497 e. The van der Waals surface area contributed by atoms with Crippen LogP contribution in [0.5, 0.6) is 5.75 Å². The van der Waals surface area contributed by atoms with Crippen LogP contribution in [0.15, 0.2) is 18.2 Å². The van der Waals surface area contributed by atoms with Crippen molar-refractivity contribution in [2.75, 3.05) is 33.3 Å². The van der Waals surface area contributed by atoms with Crippen LogP contribution in [0, 0.1) is 5.92 Å². The molecule has 0 aliphatic carbocycles. The Labute approximate surface area is 154 Å². The van der Waals surface area contributed by atoms with Crippen molar-refractivity contribution in [3.05, 3.63) is 28.8 Å². The van der Waals surface area contributed by atoms with Gasteiger partial charge in [0.25, 0.3) is 0 Å². The minimum atomic E-state index is 0.0465. The molecule has 25 heavy (non-hydrogen) atoms. The van der Waals surface area contributed by atoms with E-state index in [9.17, 15) is 9.59 Å². The van der Waals surface area contributed by atoms with Crippen LogP contribution in [0.2, 0.25) is 5.02 Å². The molecule has 1 heterocycles. The summed E-state index contributed by atoms with van der Waals surface area (Å²) in [5, 5.41) is 0.538. The molecule has 0 saturated carbocycles. The number of hydrogen-bond acceptors (Lipinski definition) is 3. The third-order valence-corrected chi connectivity index (χ3v) is 4.74. The van der Waals surface area contributed by atoms with Crippen molar-refractivity contribution >= 4 is 23.4 Å². The van der Waals surface area contributed by atoms with Gasteiger partial charge in [0.1, 0.15) is 5.75 Å². The van der Waals surface area contributed by atoms with Crippen molar-refractivity contribution in [1.82, 2.24) is 9.80 Å². The Bertz CT molecular complexity index is 619. The zero-order chi connectivity index (χ0) is 18.4. The van der Waals surface area contributed by atoms with Gasteiger partial charge in [0.15, 0.2) is 0 Å². The highest BCUT2D eigenvalue weighted by atomic mass is 35.5. The zero-order valence-electron chi connectivity index (χ0n) is 15.3. The number of hydrogen-bond donors (Lipinski definition) is 0. The molecule has 2 rings (SSSR count). The number of rotatable bonds is 5. The number of nitrogens with zero attached hydrogens (tertiary/aromatic N) is 2. The second kappa shape index (κ2) is 9.09. The van der Waals surface area contributed by atoms with Gasteiger partial charge in [-0.1, -0.05) is 31.5 Å². The SMILES string of the molecule is COc1ccc(CC(=O)N2CCCN(C(=O)CC(C)C)CC2)c(Cl)c1. The normalized spacial score (nSPS) is 15.2. The standard InChI is InChI=1S/C19H27ClN2O3/c1-14(2)11-18(23)21-7-4-8-22(10-9-21)19(24)12-15-5-6-16(25-3)13-17(15)20/h5-6,13-14H,4,7-12H2,1-3H3. The Morgan fingerprint density at radius 2 is 1.76 bits per heavy atom. The van der Waals surface area contributed by atoms with E-state index in [4.69, 9.17) is 16.3 Å². The average molecular weight is 367 g/mol. The molecular weight excluding hydrogens is 340 g/mol. The Kier molecular flexibility index (Phi) is 7.12. The molecule has 6 heteroatoms. The summed E-state index contributed by atoms with van der Waals surface area (Å²) in [4.78, 5) is 28.6. The molecule has 0 radical (unpaired) electrons. The Morgan fingerprint density at radius 3 is 2.32 bits per heavy atom. The number of carbonyl (C=O) groups is 2. The van der Waals surface area contributed by atoms with Crippen LogP contribution < -0.4 is 4.74 Å². The van der Waals surface area contributed by atoms with E-state index in [0.29, 0.717) is 42.7 Å². The van der Waals surface area contributed by atoms with Crippen LogP contribution in [0.4, 0.5) is 0 Å². The molecule has 1 aromatic carbocycles. The molecule has 0 unspecified atom stereocenters. The monoisotopic (exact) mass is 366 g/mol. The first-order valence-electron chi connectivity index (χ1n) is 8.78. The van der Waals surface area contributed by atoms with Crippen molar-refractivity contribution < 1.29 is 14.3 Å². The summed E-state index contributed by atoms with van der Waals surface area (Å²) in [7, 11) is 1.58. The van der Waals surface area contributed by atoms with Crippen LogP contribution in [-0.4, -0.2) is 54.9 Å². The number of carbonyl (C=O) groups excluding carboxylic acids is 2. The lowest BCUT2D eigenvalue weighted by molar-refractivity contribution is -0.133. The fourth-order valence-corrected chi connectivity index (χ4v) is 3.21. The summed E-state index contributed by atoms with van der Waals surface area (Å²) in [5.41, 5.74) is 0.796. The van der Waals surface area contributed by atoms with E-state index in [1.54, 1.807) is 13.2 Å². The van der Waals surface area contributed by atoms with Crippen LogP contribution in [0.3, 0.4) is 0 Å². The second-order valence-corrected chi connectivity index (χ2v) is 7.25. The zero-order valence-corrected chi connectivity index (χ0v) is 16.0. The first kappa shape index (κ1) is 19.6. The van der Waals surface area contributed by atoms with Gasteiger partial charge >= 0.3 is 0 Å². The van der Waals surface area contributed by atoms with Crippen molar-refractivity contribution in [3.63, 3.8) is 0 Å². The maximum Gasteiger partial charge on any atom is 0.227 e. The third kappa shape index (κ3) is 5.63. The van der Waals surface area contributed by atoms with Gasteiger partial charge in [-0.25, -0.2) is 0 Å². The molecule has 138 valence electrons. The molecule has 1 aliphatic rings. The molecular formula is C19H27ClN2O3. The maximum absolute atomic E-state index is 12.6. The molecule has 1 aromatic rings. The Hall–Kier alpha value is -1.75. The van der Waals surface area contributed by atoms with Crippen molar-refractivity contribution in [3.8, 4) is 5.75 Å². The Balaban J connectivity index is 1.93. The van der Waals surface area contributed by atoms with E-state index in [0.717, 1.165) is 18.5 Å². The number of methoxy groups -OCH3 is 1. The smallest absolute Gasteiger partial charge is 0.227 e. The van der Waals surface area contributed by atoms with Gasteiger partial charge < -0.3 is 14.5 Å². The molecule has 0 spiro atoms. The summed E-state index contributed by atoms with van der Waals surface area (Å²) >= 11 is 6.23. The van der Waals surface area contributed by atoms with E-state index < -0.39 is 0 Å². The molecule has 1 saturated heterocycles. The number of benzene rings is 1. The van der Waals surface area contributed by atoms with E-state index in [2.05, 4.69) is 0 Å². The number of ether oxygens (including phenoxy) is 1. The first-order valence-corrected chi connectivity index (χ1v) is 9.16. The molecule has 0 N–H and O–H groups in total. The molecule has 1 aliphatic heterocycles. The summed E-state index contributed by atoms with van der Waals surface area (Å²) in [6.07, 6.45) is 1.64. The summed E-state index contributed by atoms with van der Waals surface area (Å²) in [6, 6.07) is 5.36. The van der Waals surface area contributed by atoms with Crippen LogP contribution in [0.25, 0.3) is 0 Å². The predicted octanol–water partition coefficient (Wildman–Crippen LogP) is 3.00. The summed E-state index contributed by atoms with van der Waals surface area (Å²) in [5.74, 6) is 1.26. The van der Waals surface area contributed by atoms with E-state index in [1.807, 2.05) is 35.8 Å². The summed E-state index contributed by atoms with van der Waals surface area (Å²) in [6.45, 7) is 6.68. The fraction of sp³-hybridized carbons (Fsp3) is 0.579. The quantitative estimate of drug-likeness (QED) is 0.804. The second-order valence-electron chi connectivity index (χ2n) is 6.85. The lowest BCUT2D eigenvalue weighted by Gasteiger charge is -2.23. The van der Waals surface area contributed by atoms with Gasteiger partial charge in [-0.15, -0.1) is 0 Å². The lowest BCUT2D eigenvalue weighted by Crippen LogP contribution is -2.38. The minimum Gasteiger partial charge on any atom is -0.497 e. The van der Waals surface area contributed by atoms with Gasteiger partial charge in [-0.2, -0.15) is 0 Å². The van der Waals surface area contributed by atoms with Gasteiger partial charge in [0.2, 0.25) is 11.8 Å². The molecule has 0 atom stereocenters. The van der Waals surface area contributed by atoms with Gasteiger partial charge in [-0.05, 0) is 30.0 Å². The van der Waals surface area contributed by atoms with Crippen molar-refractivity contribution in [2.24, 2.45) is 5.92 Å². The van der Waals surface area contributed by atoms with Crippen LogP contribution in [-0.2, 0) is 16.0 Å². The highest BCUT2D eigenvalue weighted by Crippen LogP contribution is 2.23. The van der Waals surface area contributed by atoms with Gasteiger partial charge in [-0.3, -0.25) is 9.59 Å². The lowest BCUT2D eigenvalue weighted by atomic mass is 10.1. The van der Waals surface area contributed by atoms with Crippen LogP contribution >= 0.6 is 11.6 Å².